The molecule has 0 aromatic heterocycles. The largest absolute Gasteiger partial charge is 0.478 e. The number of hydrogen-bond donors (Lipinski definition) is 2. The van der Waals surface area contributed by atoms with Crippen molar-refractivity contribution in [2.45, 2.75) is 30.7 Å². The number of halogens is 10. The molecule has 0 fully saturated rings. The standard InChI is InChI=1S/C13H6F10O6/c14-9(29-13(22,23)11(17,18)12(19,20)21)10(15,16)28-6-3-4(7(24)25)1-2-5(6)8(26)27/h1-3,9H,(H,24,25)(H,26,27). The van der Waals surface area contributed by atoms with E-state index in [0.717, 1.165) is 0 Å². The van der Waals surface area contributed by atoms with Crippen molar-refractivity contribution in [2.24, 2.45) is 0 Å². The number of benzene rings is 1. The third-order valence-electron chi connectivity index (χ3n) is 2.94. The van der Waals surface area contributed by atoms with Gasteiger partial charge in [0.1, 0.15) is 11.3 Å². The highest BCUT2D eigenvalue weighted by molar-refractivity contribution is 5.94. The first kappa shape index (κ1) is 24.3. The van der Waals surface area contributed by atoms with E-state index in [1.807, 2.05) is 0 Å². The number of carbonyl (C=O) groups is 2. The van der Waals surface area contributed by atoms with Crippen LogP contribution >= 0.6 is 0 Å². The van der Waals surface area contributed by atoms with Crippen LogP contribution in [-0.4, -0.2) is 52.8 Å². The Labute approximate surface area is 152 Å². The van der Waals surface area contributed by atoms with Crippen molar-refractivity contribution in [1.29, 1.82) is 0 Å². The van der Waals surface area contributed by atoms with Crippen LogP contribution in [-0.2, 0) is 4.74 Å². The van der Waals surface area contributed by atoms with Crippen LogP contribution in [0.3, 0.4) is 0 Å². The second-order valence-corrected chi connectivity index (χ2v) is 5.01. The molecule has 1 aromatic carbocycles. The Bertz CT molecular complexity index is 791. The number of aromatic carboxylic acids is 2. The fourth-order valence-electron chi connectivity index (χ4n) is 1.55. The van der Waals surface area contributed by atoms with E-state index < -0.39 is 59.5 Å². The zero-order valence-electron chi connectivity index (χ0n) is 13.1. The molecule has 0 spiro atoms. The summed E-state index contributed by atoms with van der Waals surface area (Å²) in [6, 6.07) is 1.02. The zero-order chi connectivity index (χ0) is 23.0. The first-order chi connectivity index (χ1) is 12.8. The minimum atomic E-state index is -7.09. The molecule has 1 aromatic rings. The van der Waals surface area contributed by atoms with E-state index in [4.69, 9.17) is 10.2 Å². The van der Waals surface area contributed by atoms with Gasteiger partial charge in [-0.2, -0.15) is 39.5 Å². The summed E-state index contributed by atoms with van der Waals surface area (Å²) in [5.74, 6) is -12.6. The molecule has 1 atom stereocenters. The van der Waals surface area contributed by atoms with Gasteiger partial charge in [-0.25, -0.2) is 14.0 Å². The number of hydrogen-bond acceptors (Lipinski definition) is 4. The molecule has 0 saturated carbocycles. The number of ether oxygens (including phenoxy) is 2. The van der Waals surface area contributed by atoms with Crippen LogP contribution in [0.4, 0.5) is 43.9 Å². The van der Waals surface area contributed by atoms with Gasteiger partial charge in [0.2, 0.25) is 0 Å². The predicted molar refractivity (Wildman–Crippen MR) is 67.9 cm³/mol. The maximum absolute atomic E-state index is 13.6. The maximum atomic E-state index is 13.6. The van der Waals surface area contributed by atoms with E-state index in [9.17, 15) is 53.5 Å². The Morgan fingerprint density at radius 3 is 1.83 bits per heavy atom. The van der Waals surface area contributed by atoms with Crippen LogP contribution in [0.15, 0.2) is 18.2 Å². The van der Waals surface area contributed by atoms with Gasteiger partial charge >= 0.3 is 42.6 Å². The van der Waals surface area contributed by atoms with Gasteiger partial charge in [-0.3, -0.25) is 4.74 Å². The van der Waals surface area contributed by atoms with Gasteiger partial charge in [0.05, 0.1) is 5.56 Å². The Balaban J connectivity index is 3.22. The number of rotatable bonds is 8. The lowest BCUT2D eigenvalue weighted by Crippen LogP contribution is -2.56. The second-order valence-electron chi connectivity index (χ2n) is 5.01. The topological polar surface area (TPSA) is 93.1 Å². The average molecular weight is 448 g/mol. The van der Waals surface area contributed by atoms with Crippen molar-refractivity contribution in [3.8, 4) is 5.75 Å². The van der Waals surface area contributed by atoms with Crippen LogP contribution in [0.5, 0.6) is 5.75 Å². The summed E-state index contributed by atoms with van der Waals surface area (Å²) in [4.78, 5) is 21.6. The summed E-state index contributed by atoms with van der Waals surface area (Å²) in [5, 5.41) is 17.5. The SMILES string of the molecule is O=C(O)c1ccc(C(=O)O)c(OC(F)(F)C(F)OC(F)(F)C(F)(F)C(F)(F)F)c1. The average Bonchev–Trinajstić information content (AvgIpc) is 2.52. The zero-order valence-corrected chi connectivity index (χ0v) is 13.1. The molecule has 0 bridgehead atoms. The smallest absolute Gasteiger partial charge is 0.462 e. The number of carboxylic acid groups (broad SMARTS) is 2. The van der Waals surface area contributed by atoms with E-state index in [0.29, 0.717) is 12.1 Å². The number of alkyl halides is 10. The Hall–Kier alpha value is -2.78. The van der Waals surface area contributed by atoms with Crippen LogP contribution < -0.4 is 4.74 Å². The van der Waals surface area contributed by atoms with Gasteiger partial charge < -0.3 is 14.9 Å². The number of carboxylic acids is 2. The van der Waals surface area contributed by atoms with E-state index >= 15 is 0 Å². The van der Waals surface area contributed by atoms with Crippen molar-refractivity contribution in [3.63, 3.8) is 0 Å². The summed E-state index contributed by atoms with van der Waals surface area (Å²) in [6.07, 6.45) is -24.6. The molecule has 0 saturated heterocycles. The van der Waals surface area contributed by atoms with E-state index in [2.05, 4.69) is 9.47 Å². The molecule has 0 aliphatic carbocycles. The summed E-state index contributed by atoms with van der Waals surface area (Å²) in [6.45, 7) is 0. The van der Waals surface area contributed by atoms with Crippen molar-refractivity contribution in [3.05, 3.63) is 29.3 Å². The molecule has 0 heterocycles. The summed E-state index contributed by atoms with van der Waals surface area (Å²) >= 11 is 0. The molecule has 0 amide bonds. The molecule has 16 heteroatoms. The fraction of sp³-hybridized carbons (Fsp3) is 0.385. The normalized spacial score (nSPS) is 14.4. The van der Waals surface area contributed by atoms with Crippen molar-refractivity contribution < 1.29 is 73.2 Å². The van der Waals surface area contributed by atoms with Gasteiger partial charge in [0.15, 0.2) is 0 Å². The van der Waals surface area contributed by atoms with E-state index in [1.165, 1.54) is 0 Å². The second kappa shape index (κ2) is 7.57. The van der Waals surface area contributed by atoms with Gasteiger partial charge in [-0.05, 0) is 18.2 Å². The molecule has 2 N–H and O–H groups in total. The van der Waals surface area contributed by atoms with Crippen LogP contribution in [0.2, 0.25) is 0 Å². The van der Waals surface area contributed by atoms with E-state index in [-0.39, 0.29) is 6.07 Å². The molecule has 1 unspecified atom stereocenters. The summed E-state index contributed by atoms with van der Waals surface area (Å²) < 4.78 is 133. The monoisotopic (exact) mass is 448 g/mol. The molecule has 1 rings (SSSR count). The Kier molecular flexibility index (Phi) is 6.33. The lowest BCUT2D eigenvalue weighted by atomic mass is 10.1. The molecule has 0 aliphatic rings. The maximum Gasteiger partial charge on any atom is 0.462 e. The van der Waals surface area contributed by atoms with Crippen LogP contribution in [0.25, 0.3) is 0 Å². The molecular weight excluding hydrogens is 442 g/mol. The lowest BCUT2D eigenvalue weighted by Gasteiger charge is -2.30. The Morgan fingerprint density at radius 2 is 1.41 bits per heavy atom. The van der Waals surface area contributed by atoms with Crippen LogP contribution in [0.1, 0.15) is 20.7 Å². The van der Waals surface area contributed by atoms with Gasteiger partial charge in [-0.15, -0.1) is 0 Å². The fourth-order valence-corrected chi connectivity index (χ4v) is 1.55. The van der Waals surface area contributed by atoms with Crippen molar-refractivity contribution >= 4 is 11.9 Å². The molecule has 0 aliphatic heterocycles. The molecule has 6 nitrogen and oxygen atoms in total. The Morgan fingerprint density at radius 1 is 0.897 bits per heavy atom. The molecule has 0 radical (unpaired) electrons. The molecule has 29 heavy (non-hydrogen) atoms. The first-order valence-electron chi connectivity index (χ1n) is 6.65. The molecular formula is C13H6F10O6. The van der Waals surface area contributed by atoms with Crippen LogP contribution in [0, 0.1) is 0 Å². The van der Waals surface area contributed by atoms with Gasteiger partial charge in [0, 0.05) is 0 Å². The third-order valence-corrected chi connectivity index (χ3v) is 2.94. The molecule has 164 valence electrons. The van der Waals surface area contributed by atoms with Gasteiger partial charge in [0.25, 0.3) is 0 Å². The van der Waals surface area contributed by atoms with E-state index in [1.54, 1.807) is 0 Å². The minimum absolute atomic E-state index is 0.0783. The van der Waals surface area contributed by atoms with Crippen molar-refractivity contribution in [1.82, 2.24) is 0 Å². The first-order valence-corrected chi connectivity index (χ1v) is 6.65. The highest BCUT2D eigenvalue weighted by Crippen LogP contribution is 2.48. The summed E-state index contributed by atoms with van der Waals surface area (Å²) in [7, 11) is 0. The lowest BCUT2D eigenvalue weighted by molar-refractivity contribution is -0.460. The van der Waals surface area contributed by atoms with Crippen molar-refractivity contribution in [2.75, 3.05) is 0 Å². The predicted octanol–water partition coefficient (Wildman–Crippen LogP) is 4.16. The quantitative estimate of drug-likeness (QED) is 0.581. The minimum Gasteiger partial charge on any atom is -0.478 e. The van der Waals surface area contributed by atoms with Gasteiger partial charge in [-0.1, -0.05) is 0 Å². The highest BCUT2D eigenvalue weighted by atomic mass is 19.4. The highest BCUT2D eigenvalue weighted by Gasteiger charge is 2.76. The summed E-state index contributed by atoms with van der Waals surface area (Å²) in [5.41, 5.74) is -2.17. The third kappa shape index (κ3) is 4.99.